The summed E-state index contributed by atoms with van der Waals surface area (Å²) in [4.78, 5) is 12.4. The van der Waals surface area contributed by atoms with Crippen molar-refractivity contribution >= 4 is 16.7 Å². The molecule has 3 aromatic carbocycles. The largest absolute Gasteiger partial charge is 0.346 e. The van der Waals surface area contributed by atoms with Crippen LogP contribution in [0.15, 0.2) is 72.8 Å². The zero-order chi connectivity index (χ0) is 14.7. The van der Waals surface area contributed by atoms with Gasteiger partial charge in [-0.15, -0.1) is 0 Å². The van der Waals surface area contributed by atoms with Crippen molar-refractivity contribution in [2.45, 2.75) is 13.0 Å². The molecule has 0 fully saturated rings. The lowest BCUT2D eigenvalue weighted by Gasteiger charge is -2.14. The monoisotopic (exact) mass is 277 g/mol. The van der Waals surface area contributed by atoms with Crippen molar-refractivity contribution in [2.24, 2.45) is 0 Å². The summed E-state index contributed by atoms with van der Waals surface area (Å²) in [5.74, 6) is -0.0443. The Bertz CT molecular complexity index is 765. The molecular weight excluding hydrogens is 260 g/mol. The van der Waals surface area contributed by atoms with Crippen LogP contribution in [-0.4, -0.2) is 5.91 Å². The molecule has 0 unspecified atom stereocenters. The molecule has 0 saturated carbocycles. The summed E-state index contributed by atoms with van der Waals surface area (Å²) in [7, 11) is 0. The van der Waals surface area contributed by atoms with Gasteiger partial charge in [-0.25, -0.2) is 0 Å². The third-order valence-corrected chi connectivity index (χ3v) is 3.66. The smallest absolute Gasteiger partial charge is 0.251 e. The Balaban J connectivity index is 1.80. The minimum absolute atomic E-state index is 0.00910. The molecule has 0 saturated heterocycles. The summed E-state index contributed by atoms with van der Waals surface area (Å²) in [6, 6.07) is 23.8. The van der Waals surface area contributed by atoms with Crippen LogP contribution >= 0.6 is 0 Å². The molecule has 0 heterocycles. The average Bonchev–Trinajstić information content (AvgIpc) is 2.55. The maximum Gasteiger partial charge on any atom is 0.251 e. The molecule has 104 valence electrons. The predicted octanol–water partition coefficient (Wildman–Crippen LogP) is 4.33. The highest BCUT2D eigenvalue weighted by Gasteiger charge is 2.11. The van der Waals surface area contributed by atoms with Crippen LogP contribution in [-0.2, 0) is 0 Å². The van der Waals surface area contributed by atoms with Crippen molar-refractivity contribution in [3.05, 3.63) is 83.9 Å². The lowest BCUT2D eigenvalue weighted by molar-refractivity contribution is 0.0940. The molecule has 21 heavy (non-hydrogen) atoms. The number of benzene rings is 3. The number of nitrogens with one attached hydrogen (secondary N) is 1. The van der Waals surface area contributed by atoms with E-state index in [9.17, 15) is 4.79 Å². The predicted molar refractivity (Wildman–Crippen MR) is 86.3 cm³/mol. The van der Waals surface area contributed by atoms with Crippen LogP contribution in [0.3, 0.4) is 0 Å². The van der Waals surface area contributed by atoms with E-state index >= 15 is 0 Å². The summed E-state index contributed by atoms with van der Waals surface area (Å²) < 4.78 is 0. The Labute approximate surface area is 124 Å². The van der Waals surface area contributed by atoms with Crippen molar-refractivity contribution in [1.29, 1.82) is 0 Å². The maximum atomic E-state index is 12.4. The van der Waals surface area contributed by atoms with Gasteiger partial charge in [0.15, 0.2) is 0 Å². The minimum Gasteiger partial charge on any atom is -0.346 e. The van der Waals surface area contributed by atoms with Crippen molar-refractivity contribution in [3.63, 3.8) is 0 Å². The number of rotatable bonds is 3. The summed E-state index contributed by atoms with van der Waals surface area (Å²) in [5, 5.41) is 5.26. The lowest BCUT2D eigenvalue weighted by Crippen LogP contribution is -2.26. The van der Waals surface area contributed by atoms with Crippen molar-refractivity contribution < 1.29 is 4.79 Å². The lowest BCUT2D eigenvalue weighted by atomic mass is 10.1. The van der Waals surface area contributed by atoms with E-state index in [0.29, 0.717) is 5.56 Å². The Morgan fingerprint density at radius 2 is 1.52 bits per heavy atom. The first-order chi connectivity index (χ1) is 10.2. The number of carbonyl (C=O) groups excluding carboxylic acids is 1. The van der Waals surface area contributed by atoms with E-state index in [1.54, 1.807) is 0 Å². The Morgan fingerprint density at radius 1 is 0.857 bits per heavy atom. The van der Waals surface area contributed by atoms with Crippen LogP contribution < -0.4 is 5.32 Å². The zero-order valence-corrected chi connectivity index (χ0v) is 11.9. The van der Waals surface area contributed by atoms with E-state index in [-0.39, 0.29) is 11.9 Å². The van der Waals surface area contributed by atoms with E-state index in [0.717, 1.165) is 16.3 Å². The second-order valence-electron chi connectivity index (χ2n) is 5.17. The van der Waals surface area contributed by atoms with Crippen molar-refractivity contribution in [1.82, 2.24) is 5.32 Å². The van der Waals surface area contributed by atoms with Gasteiger partial charge in [-0.3, -0.25) is 4.79 Å². The van der Waals surface area contributed by atoms with E-state index in [2.05, 4.69) is 5.32 Å². The molecule has 1 amide bonds. The molecule has 3 rings (SSSR count). The molecule has 0 bridgehead atoms. The van der Waals surface area contributed by atoms with E-state index in [4.69, 9.17) is 0 Å². The quantitative estimate of drug-likeness (QED) is 0.709. The van der Waals surface area contributed by atoms with E-state index < -0.39 is 0 Å². The van der Waals surface area contributed by atoms with Crippen LogP contribution in [0.1, 0.15) is 28.9 Å². The number of fused-ring (bicyclic) bond motifs is 1. The second kappa shape index (κ2) is 5.80. The van der Waals surface area contributed by atoms with Gasteiger partial charge < -0.3 is 5.32 Å². The SMILES string of the molecule is C[C@H](NC(=[18O])c1ccc2ccccc2c1)c1ccccc1. The molecule has 0 radical (unpaired) electrons. The summed E-state index contributed by atoms with van der Waals surface area (Å²) >= 11 is 0. The molecule has 0 aliphatic rings. The van der Waals surface area contributed by atoms with Gasteiger partial charge in [0.25, 0.3) is 5.91 Å². The molecule has 1 atom stereocenters. The van der Waals surface area contributed by atoms with Crippen LogP contribution in [0.2, 0.25) is 0 Å². The van der Waals surface area contributed by atoms with Crippen molar-refractivity contribution in [3.8, 4) is 0 Å². The molecule has 0 aliphatic heterocycles. The summed E-state index contributed by atoms with van der Waals surface area (Å²) in [6.45, 7) is 1.99. The molecule has 0 aliphatic carbocycles. The molecule has 0 aromatic heterocycles. The first-order valence-electron chi connectivity index (χ1n) is 7.08. The topological polar surface area (TPSA) is 29.1 Å². The fraction of sp³-hybridized carbons (Fsp3) is 0.105. The fourth-order valence-electron chi connectivity index (χ4n) is 2.44. The maximum absolute atomic E-state index is 12.4. The highest BCUT2D eigenvalue weighted by molar-refractivity contribution is 5.98. The van der Waals surface area contributed by atoms with Crippen LogP contribution in [0.5, 0.6) is 0 Å². The Hall–Kier alpha value is -2.61. The van der Waals surface area contributed by atoms with Crippen LogP contribution in [0.4, 0.5) is 0 Å². The molecule has 2 nitrogen and oxygen atoms in total. The molecule has 3 aromatic rings. The summed E-state index contributed by atoms with van der Waals surface area (Å²) in [5.41, 5.74) is 1.79. The van der Waals surface area contributed by atoms with Crippen molar-refractivity contribution in [2.75, 3.05) is 0 Å². The van der Waals surface area contributed by atoms with Gasteiger partial charge in [0.2, 0.25) is 0 Å². The average molecular weight is 277 g/mol. The molecular formula is C19H17NO. The van der Waals surface area contributed by atoms with E-state index in [1.807, 2.05) is 79.7 Å². The Kier molecular flexibility index (Phi) is 3.69. The standard InChI is InChI=1S/C19H17NO/c1-14(15-7-3-2-4-8-15)20-19(21)18-12-11-16-9-5-6-10-17(16)13-18/h2-14H,1H3,(H,20,21)/t14-/m0/s1/i21+2. The highest BCUT2D eigenvalue weighted by Crippen LogP contribution is 2.17. The van der Waals surface area contributed by atoms with Gasteiger partial charge in [-0.2, -0.15) is 0 Å². The van der Waals surface area contributed by atoms with Gasteiger partial charge in [0, 0.05) is 5.56 Å². The molecule has 2 heteroatoms. The van der Waals surface area contributed by atoms with E-state index in [1.165, 1.54) is 0 Å². The first-order valence-corrected chi connectivity index (χ1v) is 7.08. The fourth-order valence-corrected chi connectivity index (χ4v) is 2.44. The number of amides is 1. The minimum atomic E-state index is -0.0443. The van der Waals surface area contributed by atoms with Gasteiger partial charge in [0.05, 0.1) is 6.04 Å². The number of hydrogen-bond donors (Lipinski definition) is 1. The zero-order valence-electron chi connectivity index (χ0n) is 11.9. The van der Waals surface area contributed by atoms with Crippen LogP contribution in [0.25, 0.3) is 10.8 Å². The van der Waals surface area contributed by atoms with Gasteiger partial charge >= 0.3 is 0 Å². The number of carbonyl (C=O) groups is 1. The third kappa shape index (κ3) is 2.95. The normalized spacial score (nSPS) is 12.0. The van der Waals surface area contributed by atoms with Crippen LogP contribution in [0, 0.1) is 0 Å². The van der Waals surface area contributed by atoms with Gasteiger partial charge in [-0.1, -0.05) is 60.7 Å². The summed E-state index contributed by atoms with van der Waals surface area (Å²) in [6.07, 6.45) is 0. The van der Waals surface area contributed by atoms with Gasteiger partial charge in [0.1, 0.15) is 0 Å². The number of hydrogen-bond acceptors (Lipinski definition) is 1. The van der Waals surface area contributed by atoms with Gasteiger partial charge in [-0.05, 0) is 35.4 Å². The molecule has 1 N–H and O–H groups in total. The second-order valence-corrected chi connectivity index (χ2v) is 5.17. The first kappa shape index (κ1) is 13.4. The molecule has 0 spiro atoms. The highest BCUT2D eigenvalue weighted by atomic mass is 18.1. The Morgan fingerprint density at radius 3 is 2.29 bits per heavy atom. The third-order valence-electron chi connectivity index (χ3n) is 3.66.